The molecule has 1 aliphatic carbocycles. The van der Waals surface area contributed by atoms with E-state index in [4.69, 9.17) is 9.40 Å². The molecule has 6 heteroatoms. The molecule has 30 heavy (non-hydrogen) atoms. The molecule has 1 atom stereocenters. The zero-order valence-electron chi connectivity index (χ0n) is 17.4. The molecule has 0 bridgehead atoms. The van der Waals surface area contributed by atoms with Gasteiger partial charge >= 0.3 is 0 Å². The number of rotatable bonds is 4. The summed E-state index contributed by atoms with van der Waals surface area (Å²) in [5.41, 5.74) is 4.26. The third-order valence-corrected chi connectivity index (χ3v) is 5.50. The highest BCUT2D eigenvalue weighted by molar-refractivity contribution is 6.09. The van der Waals surface area contributed by atoms with Crippen LogP contribution in [0.2, 0.25) is 0 Å². The summed E-state index contributed by atoms with van der Waals surface area (Å²) >= 11 is 0. The van der Waals surface area contributed by atoms with Crippen LogP contribution in [0.1, 0.15) is 40.7 Å². The molecule has 0 saturated carbocycles. The Balaban J connectivity index is 1.91. The fourth-order valence-corrected chi connectivity index (χ4v) is 4.08. The molecular formula is C24H25N3O3. The molecule has 1 aromatic carbocycles. The van der Waals surface area contributed by atoms with Gasteiger partial charge in [-0.25, -0.2) is 4.98 Å². The number of para-hydroxylation sites is 1. The van der Waals surface area contributed by atoms with E-state index < -0.39 is 0 Å². The first-order valence-electron chi connectivity index (χ1n) is 10.1. The van der Waals surface area contributed by atoms with Crippen molar-refractivity contribution in [2.45, 2.75) is 19.8 Å². The van der Waals surface area contributed by atoms with Gasteiger partial charge in [0.2, 0.25) is 5.91 Å². The van der Waals surface area contributed by atoms with E-state index in [0.29, 0.717) is 11.5 Å². The SMILES string of the molecule is CNC(=O)CN(C)C(=O)c1c2c(nc3ccccc13)C(=Cc1ccco1)CC(C)C2. The van der Waals surface area contributed by atoms with Crippen molar-refractivity contribution >= 4 is 34.4 Å². The zero-order valence-corrected chi connectivity index (χ0v) is 17.4. The van der Waals surface area contributed by atoms with Gasteiger partial charge in [0.05, 0.1) is 29.6 Å². The van der Waals surface area contributed by atoms with Crippen LogP contribution in [0.15, 0.2) is 47.1 Å². The van der Waals surface area contributed by atoms with E-state index in [0.717, 1.165) is 46.3 Å². The van der Waals surface area contributed by atoms with Gasteiger partial charge in [-0.2, -0.15) is 0 Å². The third-order valence-electron chi connectivity index (χ3n) is 5.50. The second kappa shape index (κ2) is 8.14. The van der Waals surface area contributed by atoms with Gasteiger partial charge in [0, 0.05) is 19.5 Å². The maximum absolute atomic E-state index is 13.5. The number of likely N-dealkylation sites (N-methyl/N-ethyl adjacent to an activating group) is 2. The lowest BCUT2D eigenvalue weighted by molar-refractivity contribution is -0.121. The monoisotopic (exact) mass is 403 g/mol. The standard InChI is InChI=1S/C24H25N3O3/c1-15-11-16(13-17-7-6-10-30-17)23-19(12-15)22(18-8-4-5-9-20(18)26-23)24(29)27(3)14-21(28)25-2/h4-10,13,15H,11-12,14H2,1-3H3,(H,25,28). The van der Waals surface area contributed by atoms with Crippen molar-refractivity contribution in [3.8, 4) is 0 Å². The molecule has 0 fully saturated rings. The average Bonchev–Trinajstić information content (AvgIpc) is 3.24. The number of fused-ring (bicyclic) bond motifs is 2. The lowest BCUT2D eigenvalue weighted by Gasteiger charge is -2.28. The summed E-state index contributed by atoms with van der Waals surface area (Å²) in [5, 5.41) is 3.39. The van der Waals surface area contributed by atoms with E-state index in [1.807, 2.05) is 42.5 Å². The van der Waals surface area contributed by atoms with Crippen molar-refractivity contribution in [1.29, 1.82) is 0 Å². The Morgan fingerprint density at radius 2 is 2.03 bits per heavy atom. The molecule has 2 amide bonds. The molecule has 3 aromatic rings. The fourth-order valence-electron chi connectivity index (χ4n) is 4.08. The van der Waals surface area contributed by atoms with Crippen molar-refractivity contribution in [2.24, 2.45) is 5.92 Å². The van der Waals surface area contributed by atoms with Crippen LogP contribution in [0.3, 0.4) is 0 Å². The van der Waals surface area contributed by atoms with Crippen molar-refractivity contribution in [1.82, 2.24) is 15.2 Å². The predicted octanol–water partition coefficient (Wildman–Crippen LogP) is 3.77. The Morgan fingerprint density at radius 1 is 1.23 bits per heavy atom. The van der Waals surface area contributed by atoms with E-state index in [2.05, 4.69) is 12.2 Å². The van der Waals surface area contributed by atoms with E-state index in [-0.39, 0.29) is 18.4 Å². The number of carbonyl (C=O) groups excluding carboxylic acids is 2. The largest absolute Gasteiger partial charge is 0.465 e. The number of nitrogens with one attached hydrogen (secondary N) is 1. The van der Waals surface area contributed by atoms with Crippen LogP contribution in [0.4, 0.5) is 0 Å². The first-order valence-corrected chi connectivity index (χ1v) is 10.1. The van der Waals surface area contributed by atoms with E-state index in [1.165, 1.54) is 4.90 Å². The van der Waals surface area contributed by atoms with Gasteiger partial charge in [-0.05, 0) is 54.2 Å². The van der Waals surface area contributed by atoms with E-state index in [9.17, 15) is 9.59 Å². The molecule has 0 aliphatic heterocycles. The van der Waals surface area contributed by atoms with Crippen LogP contribution >= 0.6 is 0 Å². The van der Waals surface area contributed by atoms with Crippen LogP contribution < -0.4 is 5.32 Å². The molecule has 1 N–H and O–H groups in total. The van der Waals surface area contributed by atoms with E-state index in [1.54, 1.807) is 20.4 Å². The summed E-state index contributed by atoms with van der Waals surface area (Å²) < 4.78 is 5.52. The van der Waals surface area contributed by atoms with Gasteiger partial charge in [-0.15, -0.1) is 0 Å². The fraction of sp³-hybridized carbons (Fsp3) is 0.292. The van der Waals surface area contributed by atoms with Crippen molar-refractivity contribution in [2.75, 3.05) is 20.6 Å². The molecule has 1 aliphatic rings. The summed E-state index contributed by atoms with van der Waals surface area (Å²) in [7, 11) is 3.22. The highest BCUT2D eigenvalue weighted by atomic mass is 16.3. The minimum Gasteiger partial charge on any atom is -0.465 e. The van der Waals surface area contributed by atoms with Gasteiger partial charge < -0.3 is 14.6 Å². The normalized spacial score (nSPS) is 17.0. The van der Waals surface area contributed by atoms with E-state index >= 15 is 0 Å². The number of hydrogen-bond acceptors (Lipinski definition) is 4. The number of pyridine rings is 1. The second-order valence-corrected chi connectivity index (χ2v) is 7.86. The molecule has 0 radical (unpaired) electrons. The summed E-state index contributed by atoms with van der Waals surface area (Å²) in [6.07, 6.45) is 5.28. The number of furan rings is 1. The van der Waals surface area contributed by atoms with Crippen LogP contribution in [0.25, 0.3) is 22.6 Å². The molecule has 154 valence electrons. The molecular weight excluding hydrogens is 378 g/mol. The molecule has 1 unspecified atom stereocenters. The van der Waals surface area contributed by atoms with Crippen molar-refractivity contribution < 1.29 is 14.0 Å². The number of benzene rings is 1. The first-order chi connectivity index (χ1) is 14.5. The number of aromatic nitrogens is 1. The van der Waals surface area contributed by atoms with Crippen LogP contribution in [0.5, 0.6) is 0 Å². The quantitative estimate of drug-likeness (QED) is 0.720. The summed E-state index contributed by atoms with van der Waals surface area (Å²) in [4.78, 5) is 31.7. The Hall–Kier alpha value is -3.41. The number of allylic oxidation sites excluding steroid dienone is 1. The van der Waals surface area contributed by atoms with Crippen molar-refractivity contribution in [3.63, 3.8) is 0 Å². The number of amides is 2. The highest BCUT2D eigenvalue weighted by Crippen LogP contribution is 2.38. The average molecular weight is 403 g/mol. The van der Waals surface area contributed by atoms with Gasteiger partial charge in [0.15, 0.2) is 0 Å². The van der Waals surface area contributed by atoms with Gasteiger partial charge in [-0.1, -0.05) is 25.1 Å². The Bertz CT molecular complexity index is 1130. The van der Waals surface area contributed by atoms with Crippen LogP contribution in [-0.2, 0) is 11.2 Å². The first kappa shape index (κ1) is 19.9. The maximum Gasteiger partial charge on any atom is 0.255 e. The maximum atomic E-state index is 13.5. The summed E-state index contributed by atoms with van der Waals surface area (Å²) in [6, 6.07) is 11.5. The third kappa shape index (κ3) is 3.73. The number of carbonyl (C=O) groups is 2. The van der Waals surface area contributed by atoms with Crippen molar-refractivity contribution in [3.05, 3.63) is 65.2 Å². The smallest absolute Gasteiger partial charge is 0.255 e. The molecule has 0 saturated heterocycles. The number of hydrogen-bond donors (Lipinski definition) is 1. The highest BCUT2D eigenvalue weighted by Gasteiger charge is 2.29. The Labute approximate surface area is 175 Å². The molecule has 0 spiro atoms. The summed E-state index contributed by atoms with van der Waals surface area (Å²) in [6.45, 7) is 2.18. The topological polar surface area (TPSA) is 75.4 Å². The number of nitrogens with zero attached hydrogens (tertiary/aromatic N) is 2. The van der Waals surface area contributed by atoms with Crippen LogP contribution in [-0.4, -0.2) is 42.3 Å². The molecule has 4 rings (SSSR count). The Kier molecular flexibility index (Phi) is 5.40. The van der Waals surface area contributed by atoms with Gasteiger partial charge in [0.1, 0.15) is 5.76 Å². The Morgan fingerprint density at radius 3 is 2.77 bits per heavy atom. The molecule has 2 aromatic heterocycles. The zero-order chi connectivity index (χ0) is 21.3. The summed E-state index contributed by atoms with van der Waals surface area (Å²) in [5.74, 6) is 0.756. The predicted molar refractivity (Wildman–Crippen MR) is 117 cm³/mol. The molecule has 2 heterocycles. The van der Waals surface area contributed by atoms with Gasteiger partial charge in [0.25, 0.3) is 5.91 Å². The minimum absolute atomic E-state index is 0.00536. The second-order valence-electron chi connectivity index (χ2n) is 7.86. The van der Waals surface area contributed by atoms with Gasteiger partial charge in [-0.3, -0.25) is 9.59 Å². The lowest BCUT2D eigenvalue weighted by atomic mass is 9.80. The lowest BCUT2D eigenvalue weighted by Crippen LogP contribution is -2.37. The van der Waals surface area contributed by atoms with Crippen LogP contribution in [0, 0.1) is 5.92 Å². The minimum atomic E-state index is -0.204. The molecule has 6 nitrogen and oxygen atoms in total.